The smallest absolute Gasteiger partial charge is 0.263 e. The summed E-state index contributed by atoms with van der Waals surface area (Å²) in [5.41, 5.74) is 2.15. The number of nitrogens with one attached hydrogen (secondary N) is 1. The van der Waals surface area contributed by atoms with Crippen LogP contribution in [0.2, 0.25) is 5.02 Å². The normalized spacial score (nSPS) is 11.0. The molecule has 1 amide bonds. The number of halogens is 1. The largest absolute Gasteiger partial charge is 0.323 e. The number of rotatable bonds is 4. The molecule has 4 aromatic rings. The van der Waals surface area contributed by atoms with Crippen LogP contribution in [0.15, 0.2) is 52.2 Å². The highest BCUT2D eigenvalue weighted by Crippen LogP contribution is 2.33. The summed E-state index contributed by atoms with van der Waals surface area (Å²) in [6.07, 6.45) is 1.41. The van der Waals surface area contributed by atoms with Crippen LogP contribution in [0.1, 0.15) is 5.56 Å². The predicted octanol–water partition coefficient (Wildman–Crippen LogP) is 4.79. The minimum atomic E-state index is -0.336. The summed E-state index contributed by atoms with van der Waals surface area (Å²) in [6.45, 7) is 1.79. The minimum absolute atomic E-state index is 0.133. The first-order valence-corrected chi connectivity index (χ1v) is 10.2. The van der Waals surface area contributed by atoms with Gasteiger partial charge in [-0.1, -0.05) is 23.7 Å². The number of anilines is 1. The minimum Gasteiger partial charge on any atom is -0.323 e. The summed E-state index contributed by atoms with van der Waals surface area (Å²) >= 11 is 9.15. The zero-order valence-electron chi connectivity index (χ0n) is 14.2. The lowest BCUT2D eigenvalue weighted by Crippen LogP contribution is -2.27. The molecule has 0 unspecified atom stereocenters. The molecule has 3 aromatic heterocycles. The van der Waals surface area contributed by atoms with Gasteiger partial charge < -0.3 is 5.32 Å². The average molecular weight is 416 g/mol. The van der Waals surface area contributed by atoms with Gasteiger partial charge in [0, 0.05) is 15.8 Å². The number of hydrogen-bond donors (Lipinski definition) is 1. The standard InChI is InChI=1S/C19H14ClN3O2S2/c1-11-4-5-14(13(20)7-11)22-16(24)8-23-10-21-18-17(19(23)25)12(9-27-18)15-3-2-6-26-15/h2-7,9-10H,8H2,1H3,(H,22,24). The molecule has 0 aliphatic heterocycles. The van der Waals surface area contributed by atoms with Crippen molar-refractivity contribution in [3.8, 4) is 10.4 Å². The van der Waals surface area contributed by atoms with Crippen LogP contribution in [0, 0.1) is 6.92 Å². The molecule has 0 spiro atoms. The van der Waals surface area contributed by atoms with E-state index < -0.39 is 0 Å². The van der Waals surface area contributed by atoms with E-state index >= 15 is 0 Å². The molecule has 0 aliphatic rings. The van der Waals surface area contributed by atoms with Crippen LogP contribution in [0.3, 0.4) is 0 Å². The Hall–Kier alpha value is -2.48. The number of nitrogens with zero attached hydrogens (tertiary/aromatic N) is 2. The number of carbonyl (C=O) groups excluding carboxylic acids is 1. The van der Waals surface area contributed by atoms with Gasteiger partial charge in [0.15, 0.2) is 0 Å². The first-order valence-electron chi connectivity index (χ1n) is 8.09. The van der Waals surface area contributed by atoms with E-state index in [0.29, 0.717) is 20.9 Å². The van der Waals surface area contributed by atoms with E-state index in [4.69, 9.17) is 11.6 Å². The average Bonchev–Trinajstić information content (AvgIpc) is 3.29. The third-order valence-electron chi connectivity index (χ3n) is 4.06. The van der Waals surface area contributed by atoms with Crippen LogP contribution in [-0.2, 0) is 11.3 Å². The summed E-state index contributed by atoms with van der Waals surface area (Å²) in [6, 6.07) is 9.29. The van der Waals surface area contributed by atoms with Crippen LogP contribution in [0.25, 0.3) is 20.7 Å². The Morgan fingerprint density at radius 3 is 2.89 bits per heavy atom. The number of aryl methyl sites for hydroxylation is 1. The second-order valence-electron chi connectivity index (χ2n) is 6.02. The molecule has 136 valence electrons. The number of hydrogen-bond acceptors (Lipinski definition) is 5. The van der Waals surface area contributed by atoms with Crippen molar-refractivity contribution in [3.63, 3.8) is 0 Å². The highest BCUT2D eigenvalue weighted by molar-refractivity contribution is 7.18. The van der Waals surface area contributed by atoms with Crippen molar-refractivity contribution >= 4 is 56.1 Å². The fraction of sp³-hybridized carbons (Fsp3) is 0.105. The predicted molar refractivity (Wildman–Crippen MR) is 112 cm³/mol. The number of thiophene rings is 2. The Bertz CT molecular complexity index is 1200. The molecule has 1 N–H and O–H groups in total. The molecule has 0 radical (unpaired) electrons. The monoisotopic (exact) mass is 415 g/mol. The highest BCUT2D eigenvalue weighted by atomic mass is 35.5. The van der Waals surface area contributed by atoms with Crippen molar-refractivity contribution in [2.75, 3.05) is 5.32 Å². The molecule has 0 atom stereocenters. The van der Waals surface area contributed by atoms with E-state index in [1.165, 1.54) is 22.2 Å². The molecular weight excluding hydrogens is 402 g/mol. The summed E-state index contributed by atoms with van der Waals surface area (Å²) in [5.74, 6) is -0.336. The summed E-state index contributed by atoms with van der Waals surface area (Å²) in [4.78, 5) is 31.4. The fourth-order valence-corrected chi connectivity index (χ4v) is 4.76. The number of amides is 1. The van der Waals surface area contributed by atoms with E-state index in [2.05, 4.69) is 10.3 Å². The third kappa shape index (κ3) is 3.53. The lowest BCUT2D eigenvalue weighted by atomic mass is 10.2. The van der Waals surface area contributed by atoms with Crippen molar-refractivity contribution in [2.24, 2.45) is 0 Å². The summed E-state index contributed by atoms with van der Waals surface area (Å²) in [7, 11) is 0. The molecule has 8 heteroatoms. The summed E-state index contributed by atoms with van der Waals surface area (Å²) < 4.78 is 1.32. The molecule has 0 aliphatic carbocycles. The van der Waals surface area contributed by atoms with Crippen LogP contribution in [0.4, 0.5) is 5.69 Å². The van der Waals surface area contributed by atoms with Gasteiger partial charge in [0.2, 0.25) is 5.91 Å². The molecule has 0 bridgehead atoms. The molecule has 27 heavy (non-hydrogen) atoms. The summed E-state index contributed by atoms with van der Waals surface area (Å²) in [5, 5.41) is 7.65. The van der Waals surface area contributed by atoms with Gasteiger partial charge in [-0.2, -0.15) is 0 Å². The van der Waals surface area contributed by atoms with Crippen molar-refractivity contribution < 1.29 is 4.79 Å². The van der Waals surface area contributed by atoms with E-state index in [1.54, 1.807) is 23.5 Å². The molecule has 0 saturated carbocycles. The van der Waals surface area contributed by atoms with Crippen LogP contribution < -0.4 is 10.9 Å². The molecule has 0 saturated heterocycles. The Balaban J connectivity index is 1.64. The van der Waals surface area contributed by atoms with Crippen molar-refractivity contribution in [2.45, 2.75) is 13.5 Å². The Morgan fingerprint density at radius 1 is 1.30 bits per heavy atom. The first kappa shape index (κ1) is 17.9. The lowest BCUT2D eigenvalue weighted by molar-refractivity contribution is -0.116. The zero-order chi connectivity index (χ0) is 19.0. The van der Waals surface area contributed by atoms with Crippen LogP contribution >= 0.6 is 34.3 Å². The second kappa shape index (κ2) is 7.26. The van der Waals surface area contributed by atoms with Gasteiger partial charge >= 0.3 is 0 Å². The molecule has 4 rings (SSSR count). The molecule has 0 fully saturated rings. The maximum absolute atomic E-state index is 12.9. The maximum Gasteiger partial charge on any atom is 0.263 e. The van der Waals surface area contributed by atoms with Gasteiger partial charge in [0.05, 0.1) is 22.4 Å². The number of benzene rings is 1. The van der Waals surface area contributed by atoms with E-state index in [1.807, 2.05) is 35.9 Å². The van der Waals surface area contributed by atoms with E-state index in [0.717, 1.165) is 16.0 Å². The van der Waals surface area contributed by atoms with Gasteiger partial charge in [-0.3, -0.25) is 14.2 Å². The fourth-order valence-electron chi connectivity index (χ4n) is 2.76. The molecular formula is C19H14ClN3O2S2. The van der Waals surface area contributed by atoms with Gasteiger partial charge in [0.1, 0.15) is 11.4 Å². The Labute approximate surface area is 167 Å². The molecule has 5 nitrogen and oxygen atoms in total. The van der Waals surface area contributed by atoms with Crippen molar-refractivity contribution in [3.05, 3.63) is 68.4 Å². The molecule has 3 heterocycles. The van der Waals surface area contributed by atoms with Gasteiger partial charge in [0.25, 0.3) is 5.56 Å². The topological polar surface area (TPSA) is 64.0 Å². The van der Waals surface area contributed by atoms with Crippen molar-refractivity contribution in [1.82, 2.24) is 9.55 Å². The Kier molecular flexibility index (Phi) is 4.82. The highest BCUT2D eigenvalue weighted by Gasteiger charge is 2.15. The first-order chi connectivity index (χ1) is 13.0. The van der Waals surface area contributed by atoms with E-state index in [-0.39, 0.29) is 18.0 Å². The second-order valence-corrected chi connectivity index (χ2v) is 8.23. The number of fused-ring (bicyclic) bond motifs is 1. The SMILES string of the molecule is Cc1ccc(NC(=O)Cn2cnc3scc(-c4cccs4)c3c2=O)c(Cl)c1. The Morgan fingerprint density at radius 2 is 2.15 bits per heavy atom. The maximum atomic E-state index is 12.9. The quantitative estimate of drug-likeness (QED) is 0.521. The van der Waals surface area contributed by atoms with Gasteiger partial charge in [-0.05, 0) is 36.1 Å². The lowest BCUT2D eigenvalue weighted by Gasteiger charge is -2.09. The van der Waals surface area contributed by atoms with Gasteiger partial charge in [-0.25, -0.2) is 4.98 Å². The number of aromatic nitrogens is 2. The van der Waals surface area contributed by atoms with Crippen LogP contribution in [0.5, 0.6) is 0 Å². The van der Waals surface area contributed by atoms with Crippen LogP contribution in [-0.4, -0.2) is 15.5 Å². The zero-order valence-corrected chi connectivity index (χ0v) is 16.6. The number of carbonyl (C=O) groups is 1. The molecule has 1 aromatic carbocycles. The van der Waals surface area contributed by atoms with Crippen molar-refractivity contribution in [1.29, 1.82) is 0 Å². The van der Waals surface area contributed by atoms with E-state index in [9.17, 15) is 9.59 Å². The van der Waals surface area contributed by atoms with Gasteiger partial charge in [-0.15, -0.1) is 22.7 Å². The third-order valence-corrected chi connectivity index (χ3v) is 6.16.